The second-order valence-corrected chi connectivity index (χ2v) is 5.27. The molecule has 0 aromatic carbocycles. The highest BCUT2D eigenvalue weighted by atomic mass is 35.5. The van der Waals surface area contributed by atoms with E-state index >= 15 is 0 Å². The Hall–Kier alpha value is -2.74. The Bertz CT molecular complexity index is 928. The normalized spacial score (nSPS) is 10.8. The van der Waals surface area contributed by atoms with Crippen LogP contribution in [-0.2, 0) is 0 Å². The lowest BCUT2D eigenvalue weighted by Crippen LogP contribution is -2.15. The van der Waals surface area contributed by atoms with Crippen LogP contribution in [0.4, 0.5) is 10.1 Å². The van der Waals surface area contributed by atoms with Crippen LogP contribution in [0.15, 0.2) is 24.7 Å². The number of aryl methyl sites for hydroxylation is 1. The molecule has 7 nitrogen and oxygen atoms in total. The van der Waals surface area contributed by atoms with E-state index in [9.17, 15) is 9.18 Å². The summed E-state index contributed by atoms with van der Waals surface area (Å²) in [6, 6.07) is 1.19. The van der Waals surface area contributed by atoms with E-state index in [4.69, 9.17) is 16.3 Å². The Kier molecular flexibility index (Phi) is 4.30. The molecule has 0 radical (unpaired) electrons. The number of fused-ring (bicyclic) bond motifs is 1. The Morgan fingerprint density at radius 1 is 1.42 bits per heavy atom. The molecule has 0 unspecified atom stereocenters. The minimum Gasteiger partial charge on any atom is -0.477 e. The quantitative estimate of drug-likeness (QED) is 0.732. The maximum absolute atomic E-state index is 14.1. The van der Waals surface area contributed by atoms with Gasteiger partial charge in [-0.25, -0.2) is 14.4 Å². The SMILES string of the molecule is CCOc1nc(Cl)ncc1C(=O)Nc1cc(F)c2nc(C)cn2c1. The number of pyridine rings is 1. The average molecular weight is 350 g/mol. The molecule has 0 atom stereocenters. The van der Waals surface area contributed by atoms with E-state index in [2.05, 4.69) is 20.3 Å². The largest absolute Gasteiger partial charge is 0.477 e. The summed E-state index contributed by atoms with van der Waals surface area (Å²) in [7, 11) is 0. The molecule has 3 aromatic heterocycles. The van der Waals surface area contributed by atoms with Gasteiger partial charge in [-0.3, -0.25) is 4.79 Å². The number of halogens is 2. The van der Waals surface area contributed by atoms with Gasteiger partial charge in [0, 0.05) is 24.7 Å². The fourth-order valence-corrected chi connectivity index (χ4v) is 2.32. The molecule has 1 N–H and O–H groups in total. The molecule has 1 amide bonds. The van der Waals surface area contributed by atoms with Gasteiger partial charge in [-0.1, -0.05) is 0 Å². The summed E-state index contributed by atoms with van der Waals surface area (Å²) in [5, 5.41) is 2.56. The van der Waals surface area contributed by atoms with Crippen LogP contribution in [0.3, 0.4) is 0 Å². The number of anilines is 1. The van der Waals surface area contributed by atoms with Crippen LogP contribution in [0.25, 0.3) is 5.65 Å². The van der Waals surface area contributed by atoms with Crippen LogP contribution in [-0.4, -0.2) is 31.9 Å². The van der Waals surface area contributed by atoms with Gasteiger partial charge >= 0.3 is 0 Å². The van der Waals surface area contributed by atoms with Gasteiger partial charge in [0.1, 0.15) is 5.56 Å². The molecule has 24 heavy (non-hydrogen) atoms. The molecule has 0 spiro atoms. The monoisotopic (exact) mass is 349 g/mol. The fourth-order valence-electron chi connectivity index (χ4n) is 2.19. The molecule has 3 rings (SSSR count). The van der Waals surface area contributed by atoms with Gasteiger partial charge < -0.3 is 14.5 Å². The summed E-state index contributed by atoms with van der Waals surface area (Å²) in [4.78, 5) is 24.1. The minimum atomic E-state index is -0.543. The number of aromatic nitrogens is 4. The third-order valence-corrected chi connectivity index (χ3v) is 3.32. The number of imidazole rings is 1. The van der Waals surface area contributed by atoms with Crippen LogP contribution in [0.5, 0.6) is 5.88 Å². The van der Waals surface area contributed by atoms with Crippen LogP contribution in [0, 0.1) is 12.7 Å². The van der Waals surface area contributed by atoms with Gasteiger partial charge in [0.25, 0.3) is 5.91 Å². The van der Waals surface area contributed by atoms with Gasteiger partial charge in [-0.2, -0.15) is 4.98 Å². The first kappa shape index (κ1) is 16.1. The molecule has 3 heterocycles. The van der Waals surface area contributed by atoms with Gasteiger partial charge in [0.05, 0.1) is 18.0 Å². The number of carbonyl (C=O) groups excluding carboxylic acids is 1. The molecule has 9 heteroatoms. The van der Waals surface area contributed by atoms with Crippen molar-refractivity contribution in [2.24, 2.45) is 0 Å². The summed E-state index contributed by atoms with van der Waals surface area (Å²) in [6.45, 7) is 3.81. The van der Waals surface area contributed by atoms with E-state index in [-0.39, 0.29) is 28.1 Å². The summed E-state index contributed by atoms with van der Waals surface area (Å²) >= 11 is 5.71. The number of ether oxygens (including phenoxy) is 1. The minimum absolute atomic E-state index is 0.0312. The van der Waals surface area contributed by atoms with Gasteiger partial charge in [-0.05, 0) is 25.4 Å². The molecule has 0 fully saturated rings. The van der Waals surface area contributed by atoms with E-state index in [1.807, 2.05) is 0 Å². The van der Waals surface area contributed by atoms with Crippen molar-refractivity contribution in [1.29, 1.82) is 0 Å². The zero-order valence-electron chi connectivity index (χ0n) is 12.9. The third kappa shape index (κ3) is 3.13. The molecular formula is C15H13ClFN5O2. The molecule has 0 saturated carbocycles. The van der Waals surface area contributed by atoms with Crippen molar-refractivity contribution in [3.8, 4) is 5.88 Å². The summed E-state index contributed by atoms with van der Waals surface area (Å²) in [5.74, 6) is -1.01. The molecule has 0 aliphatic carbocycles. The van der Waals surface area contributed by atoms with E-state index in [0.29, 0.717) is 12.3 Å². The number of amides is 1. The summed E-state index contributed by atoms with van der Waals surface area (Å²) in [5.41, 5.74) is 1.22. The number of nitrogens with one attached hydrogen (secondary N) is 1. The van der Waals surface area contributed by atoms with Crippen molar-refractivity contribution in [1.82, 2.24) is 19.4 Å². The number of hydrogen-bond donors (Lipinski definition) is 1. The number of hydrogen-bond acceptors (Lipinski definition) is 5. The summed E-state index contributed by atoms with van der Waals surface area (Å²) < 4.78 is 20.9. The lowest BCUT2D eigenvalue weighted by molar-refractivity contribution is 0.102. The molecule has 124 valence electrons. The Balaban J connectivity index is 1.92. The fraction of sp³-hybridized carbons (Fsp3) is 0.200. The van der Waals surface area contributed by atoms with Crippen molar-refractivity contribution in [2.75, 3.05) is 11.9 Å². The molecule has 3 aromatic rings. The first-order valence-electron chi connectivity index (χ1n) is 7.09. The zero-order chi connectivity index (χ0) is 17.3. The highest BCUT2D eigenvalue weighted by Crippen LogP contribution is 2.20. The van der Waals surface area contributed by atoms with Crippen molar-refractivity contribution >= 4 is 28.8 Å². The second kappa shape index (κ2) is 6.40. The maximum atomic E-state index is 14.1. The topological polar surface area (TPSA) is 81.4 Å². The van der Waals surface area contributed by atoms with E-state index in [1.54, 1.807) is 26.2 Å². The number of nitrogens with zero attached hydrogens (tertiary/aromatic N) is 4. The average Bonchev–Trinajstić information content (AvgIpc) is 2.88. The van der Waals surface area contributed by atoms with Gasteiger partial charge in [0.2, 0.25) is 11.2 Å². The van der Waals surface area contributed by atoms with Crippen molar-refractivity contribution in [3.63, 3.8) is 0 Å². The van der Waals surface area contributed by atoms with E-state index < -0.39 is 11.7 Å². The zero-order valence-corrected chi connectivity index (χ0v) is 13.6. The van der Waals surface area contributed by atoms with Crippen molar-refractivity contribution in [2.45, 2.75) is 13.8 Å². The molecule has 0 aliphatic heterocycles. The van der Waals surface area contributed by atoms with Gasteiger partial charge in [-0.15, -0.1) is 0 Å². The first-order valence-corrected chi connectivity index (χ1v) is 7.47. The molecule has 0 bridgehead atoms. The number of carbonyl (C=O) groups is 1. The Morgan fingerprint density at radius 3 is 2.96 bits per heavy atom. The Labute approximate surface area is 141 Å². The molecule has 0 aliphatic rings. The smallest absolute Gasteiger partial charge is 0.262 e. The summed E-state index contributed by atoms with van der Waals surface area (Å²) in [6.07, 6.45) is 4.48. The third-order valence-electron chi connectivity index (χ3n) is 3.13. The van der Waals surface area contributed by atoms with E-state index in [0.717, 1.165) is 0 Å². The van der Waals surface area contributed by atoms with E-state index in [1.165, 1.54) is 16.7 Å². The maximum Gasteiger partial charge on any atom is 0.262 e. The van der Waals surface area contributed by atoms with Crippen LogP contribution < -0.4 is 10.1 Å². The standard InChI is InChI=1S/C15H13ClFN5O2/c1-3-24-14-10(5-18-15(16)21-14)13(23)20-9-4-11(17)12-19-8(2)6-22(12)7-9/h4-7H,3H2,1-2H3,(H,20,23). The Morgan fingerprint density at radius 2 is 2.21 bits per heavy atom. The highest BCUT2D eigenvalue weighted by Gasteiger charge is 2.17. The predicted molar refractivity (Wildman–Crippen MR) is 86.1 cm³/mol. The molecular weight excluding hydrogens is 337 g/mol. The van der Waals surface area contributed by atoms with Crippen molar-refractivity contribution < 1.29 is 13.9 Å². The second-order valence-electron chi connectivity index (χ2n) is 4.93. The van der Waals surface area contributed by atoms with Crippen LogP contribution in [0.2, 0.25) is 5.28 Å². The predicted octanol–water partition coefficient (Wildman–Crippen LogP) is 2.88. The lowest BCUT2D eigenvalue weighted by atomic mass is 10.3. The highest BCUT2D eigenvalue weighted by molar-refractivity contribution is 6.28. The molecule has 0 saturated heterocycles. The first-order chi connectivity index (χ1) is 11.5. The van der Waals surface area contributed by atoms with Gasteiger partial charge in [0.15, 0.2) is 11.5 Å². The number of rotatable bonds is 4. The van der Waals surface area contributed by atoms with Crippen molar-refractivity contribution in [3.05, 3.63) is 47.0 Å². The lowest BCUT2D eigenvalue weighted by Gasteiger charge is -2.10. The van der Waals surface area contributed by atoms with Crippen LogP contribution in [0.1, 0.15) is 23.0 Å². The van der Waals surface area contributed by atoms with Crippen LogP contribution >= 0.6 is 11.6 Å².